The highest BCUT2D eigenvalue weighted by Gasteiger charge is 2.31. The summed E-state index contributed by atoms with van der Waals surface area (Å²) in [5.41, 5.74) is 1.19. The molecule has 1 N–H and O–H groups in total. The van der Waals surface area contributed by atoms with E-state index in [1.807, 2.05) is 18.2 Å². The van der Waals surface area contributed by atoms with E-state index in [0.29, 0.717) is 36.6 Å². The van der Waals surface area contributed by atoms with Gasteiger partial charge < -0.3 is 24.0 Å². The van der Waals surface area contributed by atoms with Gasteiger partial charge in [-0.3, -0.25) is 14.6 Å². The highest BCUT2D eigenvalue weighted by atomic mass is 16.5. The Morgan fingerprint density at radius 3 is 2.87 bits per heavy atom. The Kier molecular flexibility index (Phi) is 5.67. The van der Waals surface area contributed by atoms with Gasteiger partial charge in [0.1, 0.15) is 18.1 Å². The van der Waals surface area contributed by atoms with Gasteiger partial charge in [-0.05, 0) is 30.7 Å². The van der Waals surface area contributed by atoms with E-state index in [1.165, 1.54) is 10.6 Å². The quantitative estimate of drug-likeness (QED) is 0.641. The number of carbonyl (C=O) groups is 1. The Morgan fingerprint density at radius 2 is 2.07 bits per heavy atom. The van der Waals surface area contributed by atoms with Crippen LogP contribution in [-0.2, 0) is 11.3 Å². The fourth-order valence-electron chi connectivity index (χ4n) is 3.72. The van der Waals surface area contributed by atoms with Crippen LogP contribution >= 0.6 is 0 Å². The van der Waals surface area contributed by atoms with Gasteiger partial charge in [0.25, 0.3) is 5.56 Å². The van der Waals surface area contributed by atoms with Crippen LogP contribution < -0.4 is 19.9 Å². The molecule has 3 aromatic rings. The summed E-state index contributed by atoms with van der Waals surface area (Å²) < 4.78 is 12.7. The molecule has 4 rings (SSSR count). The number of nitrogens with zero attached hydrogens (tertiary/aromatic N) is 3. The number of rotatable bonds is 7. The molecule has 0 saturated carbocycles. The second-order valence-corrected chi connectivity index (χ2v) is 7.10. The largest absolute Gasteiger partial charge is 0.497 e. The predicted molar refractivity (Wildman–Crippen MR) is 112 cm³/mol. The fraction of sp³-hybridized carbons (Fsp3) is 0.318. The predicted octanol–water partition coefficient (Wildman–Crippen LogP) is 1.97. The van der Waals surface area contributed by atoms with Crippen molar-refractivity contribution in [2.75, 3.05) is 25.2 Å². The first-order chi connectivity index (χ1) is 14.6. The molecule has 0 radical (unpaired) electrons. The zero-order valence-corrected chi connectivity index (χ0v) is 16.7. The van der Waals surface area contributed by atoms with E-state index in [1.54, 1.807) is 36.5 Å². The lowest BCUT2D eigenvalue weighted by Gasteiger charge is -2.23. The van der Waals surface area contributed by atoms with Crippen LogP contribution in [0.1, 0.15) is 12.8 Å². The van der Waals surface area contributed by atoms with Crippen molar-refractivity contribution in [3.8, 4) is 11.5 Å². The zero-order chi connectivity index (χ0) is 21.1. The van der Waals surface area contributed by atoms with E-state index in [0.717, 1.165) is 10.9 Å². The number of benzene rings is 1. The molecule has 1 aliphatic rings. The number of carbonyl (C=O) groups excluding carboxylic acids is 1. The summed E-state index contributed by atoms with van der Waals surface area (Å²) in [5, 5.41) is 10.4. The molecule has 2 aromatic heterocycles. The fourth-order valence-corrected chi connectivity index (χ4v) is 3.72. The number of hydrogen-bond acceptors (Lipinski definition) is 6. The third kappa shape index (κ3) is 3.86. The standard InChI is InChI=1S/C22H23N3O5/c1-29-17-4-5-18-19(12-17)23-9-8-20(18)30-11-10-24-13-15(2-6-21(24)27)25-16(14-26)3-7-22(25)28/h2,4-6,8-9,12-13,16,26H,3,7,10-11,14H2,1H3/t16-/m1/s1. The first-order valence-corrected chi connectivity index (χ1v) is 9.79. The lowest BCUT2D eigenvalue weighted by Crippen LogP contribution is -2.36. The highest BCUT2D eigenvalue weighted by molar-refractivity contribution is 5.96. The number of aromatic nitrogens is 2. The van der Waals surface area contributed by atoms with Crippen LogP contribution in [0.5, 0.6) is 11.5 Å². The maximum atomic E-state index is 12.3. The number of pyridine rings is 2. The Hall–Kier alpha value is -3.39. The SMILES string of the molecule is COc1ccc2c(OCCn3cc(N4C(=O)CC[C@@H]4CO)ccc3=O)ccnc2c1. The number of ether oxygens (including phenoxy) is 2. The van der Waals surface area contributed by atoms with Crippen LogP contribution in [-0.4, -0.2) is 46.9 Å². The monoisotopic (exact) mass is 409 g/mol. The Bertz CT molecular complexity index is 1130. The van der Waals surface area contributed by atoms with Crippen molar-refractivity contribution in [3.05, 3.63) is 59.1 Å². The second-order valence-electron chi connectivity index (χ2n) is 7.10. The summed E-state index contributed by atoms with van der Waals surface area (Å²) in [6.07, 6.45) is 4.32. The molecule has 3 heterocycles. The van der Waals surface area contributed by atoms with Gasteiger partial charge in [0.05, 0.1) is 37.5 Å². The number of aliphatic hydroxyl groups is 1. The molecule has 8 heteroatoms. The van der Waals surface area contributed by atoms with Crippen molar-refractivity contribution in [2.45, 2.75) is 25.4 Å². The minimum atomic E-state index is -0.250. The van der Waals surface area contributed by atoms with Crippen molar-refractivity contribution in [1.82, 2.24) is 9.55 Å². The zero-order valence-electron chi connectivity index (χ0n) is 16.7. The first kappa shape index (κ1) is 19.9. The third-order valence-corrected chi connectivity index (χ3v) is 5.28. The normalized spacial score (nSPS) is 16.3. The Balaban J connectivity index is 1.50. The molecule has 1 aromatic carbocycles. The minimum Gasteiger partial charge on any atom is -0.497 e. The number of fused-ring (bicyclic) bond motifs is 1. The molecule has 1 amide bonds. The van der Waals surface area contributed by atoms with Gasteiger partial charge in [0.15, 0.2) is 0 Å². The van der Waals surface area contributed by atoms with Gasteiger partial charge in [0.2, 0.25) is 5.91 Å². The molecule has 1 saturated heterocycles. The highest BCUT2D eigenvalue weighted by Crippen LogP contribution is 2.27. The molecular weight excluding hydrogens is 386 g/mol. The molecular formula is C22H23N3O5. The van der Waals surface area contributed by atoms with Gasteiger partial charge in [-0.1, -0.05) is 0 Å². The second kappa shape index (κ2) is 8.54. The Morgan fingerprint density at radius 1 is 1.20 bits per heavy atom. The molecule has 30 heavy (non-hydrogen) atoms. The molecule has 0 spiro atoms. The first-order valence-electron chi connectivity index (χ1n) is 9.79. The topological polar surface area (TPSA) is 93.9 Å². The lowest BCUT2D eigenvalue weighted by molar-refractivity contribution is -0.117. The molecule has 1 fully saturated rings. The number of aliphatic hydroxyl groups excluding tert-OH is 1. The maximum absolute atomic E-state index is 12.3. The molecule has 0 aliphatic carbocycles. The van der Waals surface area contributed by atoms with E-state index < -0.39 is 0 Å². The Labute approximate surface area is 173 Å². The summed E-state index contributed by atoms with van der Waals surface area (Å²) in [5.74, 6) is 1.34. The van der Waals surface area contributed by atoms with E-state index in [4.69, 9.17) is 9.47 Å². The van der Waals surface area contributed by atoms with E-state index >= 15 is 0 Å². The minimum absolute atomic E-state index is 0.0471. The van der Waals surface area contributed by atoms with Gasteiger partial charge >= 0.3 is 0 Å². The summed E-state index contributed by atoms with van der Waals surface area (Å²) in [6, 6.07) is 10.1. The van der Waals surface area contributed by atoms with Crippen molar-refractivity contribution < 1.29 is 19.4 Å². The molecule has 0 unspecified atom stereocenters. The van der Waals surface area contributed by atoms with Gasteiger partial charge in [0, 0.05) is 36.3 Å². The summed E-state index contributed by atoms with van der Waals surface area (Å²) in [7, 11) is 1.60. The van der Waals surface area contributed by atoms with Crippen LogP contribution in [0.2, 0.25) is 0 Å². The van der Waals surface area contributed by atoms with E-state index in [-0.39, 0.29) is 30.7 Å². The number of methoxy groups -OCH3 is 1. The van der Waals surface area contributed by atoms with Gasteiger partial charge in [-0.25, -0.2) is 0 Å². The molecule has 1 atom stereocenters. The molecule has 0 bridgehead atoms. The van der Waals surface area contributed by atoms with Crippen molar-refractivity contribution >= 4 is 22.5 Å². The summed E-state index contributed by atoms with van der Waals surface area (Å²) in [6.45, 7) is 0.484. The smallest absolute Gasteiger partial charge is 0.250 e. The van der Waals surface area contributed by atoms with Crippen LogP contribution in [0, 0.1) is 0 Å². The number of amides is 1. The van der Waals surface area contributed by atoms with Crippen molar-refractivity contribution in [1.29, 1.82) is 0 Å². The van der Waals surface area contributed by atoms with Crippen molar-refractivity contribution in [2.24, 2.45) is 0 Å². The van der Waals surface area contributed by atoms with Crippen LogP contribution in [0.4, 0.5) is 5.69 Å². The molecule has 156 valence electrons. The van der Waals surface area contributed by atoms with Crippen LogP contribution in [0.15, 0.2) is 53.6 Å². The van der Waals surface area contributed by atoms with Crippen LogP contribution in [0.25, 0.3) is 10.9 Å². The molecule has 8 nitrogen and oxygen atoms in total. The van der Waals surface area contributed by atoms with Gasteiger partial charge in [-0.15, -0.1) is 0 Å². The number of hydrogen-bond donors (Lipinski definition) is 1. The summed E-state index contributed by atoms with van der Waals surface area (Å²) in [4.78, 5) is 30.4. The van der Waals surface area contributed by atoms with Crippen molar-refractivity contribution in [3.63, 3.8) is 0 Å². The van der Waals surface area contributed by atoms with E-state index in [9.17, 15) is 14.7 Å². The van der Waals surface area contributed by atoms with Gasteiger partial charge in [-0.2, -0.15) is 0 Å². The average Bonchev–Trinajstić information content (AvgIpc) is 3.15. The van der Waals surface area contributed by atoms with Crippen LogP contribution in [0.3, 0.4) is 0 Å². The summed E-state index contributed by atoms with van der Waals surface area (Å²) >= 11 is 0. The average molecular weight is 409 g/mol. The third-order valence-electron chi connectivity index (χ3n) is 5.28. The molecule has 1 aliphatic heterocycles. The van der Waals surface area contributed by atoms with E-state index in [2.05, 4.69) is 4.98 Å². The maximum Gasteiger partial charge on any atom is 0.250 e. The number of anilines is 1. The lowest BCUT2D eigenvalue weighted by atomic mass is 10.2.